The van der Waals surface area contributed by atoms with Crippen molar-refractivity contribution in [3.63, 3.8) is 0 Å². The monoisotopic (exact) mass is 841 g/mol. The summed E-state index contributed by atoms with van der Waals surface area (Å²) >= 11 is 0. The van der Waals surface area contributed by atoms with E-state index >= 15 is 4.79 Å². The van der Waals surface area contributed by atoms with E-state index in [-0.39, 0.29) is 37.8 Å². The van der Waals surface area contributed by atoms with Gasteiger partial charge in [0.1, 0.15) is 40.8 Å². The maximum atomic E-state index is 15.1. The van der Waals surface area contributed by atoms with Crippen LogP contribution in [0.5, 0.6) is 17.4 Å². The number of nitrogens with zero attached hydrogens (tertiary/aromatic N) is 2. The first-order chi connectivity index (χ1) is 27.8. The van der Waals surface area contributed by atoms with Crippen LogP contribution in [0.25, 0.3) is 10.8 Å². The van der Waals surface area contributed by atoms with E-state index in [1.54, 1.807) is 53.1 Å². The van der Waals surface area contributed by atoms with Crippen LogP contribution < -0.4 is 29.6 Å². The summed E-state index contributed by atoms with van der Waals surface area (Å²) in [6.45, 7) is 11.1. The average Bonchev–Trinajstić information content (AvgIpc) is 4.05. The van der Waals surface area contributed by atoms with Crippen molar-refractivity contribution in [2.24, 2.45) is 17.8 Å². The number of rotatable bonds is 11. The van der Waals surface area contributed by atoms with Crippen LogP contribution in [0.15, 0.2) is 36.5 Å². The fourth-order valence-corrected chi connectivity index (χ4v) is 9.36. The number of fused-ring (bicyclic) bond motifs is 3. The number of sulfonamides is 1. The van der Waals surface area contributed by atoms with Crippen molar-refractivity contribution < 1.29 is 51.3 Å². The third kappa shape index (κ3) is 9.72. The highest BCUT2D eigenvalue weighted by Crippen LogP contribution is 2.48. The molecule has 2 saturated carbocycles. The molecule has 1 saturated heterocycles. The number of hydrogen-bond acceptors (Lipinski definition) is 12. The van der Waals surface area contributed by atoms with Crippen LogP contribution in [-0.4, -0.2) is 110 Å². The minimum atomic E-state index is -4.03. The number of hydrogen-bond donors (Lipinski definition) is 3. The van der Waals surface area contributed by atoms with Crippen molar-refractivity contribution in [2.45, 2.75) is 121 Å². The molecule has 17 heteroatoms. The van der Waals surface area contributed by atoms with Crippen molar-refractivity contribution in [3.05, 3.63) is 36.5 Å². The van der Waals surface area contributed by atoms with Gasteiger partial charge >= 0.3 is 6.09 Å². The summed E-state index contributed by atoms with van der Waals surface area (Å²) in [5.41, 5.74) is -2.43. The standard InChI is InChI=1S/C42H59N5O11S/c1-9-56-33-22-43-36(30-15-14-28(55-8)19-31(30)33)57-29-20-32-35(48)45-42(38(50)46-59(52,53)41(6)16-17-41)21-27(42)13-11-10-12-25(2)18-26(24-54-7)34(37(49)47(32)23-29)44-39(51)58-40(3,4)5/h11,13-15,19,22,25-27,29,32,34H,9-10,12,16-18,20-21,23-24H2,1-8H3,(H,44,51)(H,45,48)(H,46,50)/b13-11-/t25-,26+,27+,29-,32+,34+,42+/m1/s1. The zero-order valence-electron chi connectivity index (χ0n) is 35.3. The molecule has 16 nitrogen and oxygen atoms in total. The Labute approximate surface area is 346 Å². The largest absolute Gasteiger partial charge is 0.497 e. The molecule has 0 spiro atoms. The second-order valence-electron chi connectivity index (χ2n) is 17.6. The Hall–Kier alpha value is -4.64. The van der Waals surface area contributed by atoms with Crippen molar-refractivity contribution >= 4 is 44.6 Å². The summed E-state index contributed by atoms with van der Waals surface area (Å²) < 4.78 is 56.8. The lowest BCUT2D eigenvalue weighted by Crippen LogP contribution is -2.60. The molecule has 1 aromatic heterocycles. The number of aromatic nitrogens is 1. The van der Waals surface area contributed by atoms with Crippen molar-refractivity contribution in [2.75, 3.05) is 34.0 Å². The molecule has 6 rings (SSSR count). The molecule has 2 aliphatic carbocycles. The summed E-state index contributed by atoms with van der Waals surface area (Å²) in [6.07, 6.45) is 6.62. The predicted octanol–water partition coefficient (Wildman–Crippen LogP) is 4.40. The number of allylic oxidation sites excluding steroid dienone is 1. The van der Waals surface area contributed by atoms with E-state index < -0.39 is 79.7 Å². The van der Waals surface area contributed by atoms with Crippen molar-refractivity contribution in [3.8, 4) is 17.4 Å². The van der Waals surface area contributed by atoms with Gasteiger partial charge < -0.3 is 39.2 Å². The van der Waals surface area contributed by atoms with Gasteiger partial charge in [-0.2, -0.15) is 0 Å². The Morgan fingerprint density at radius 3 is 2.51 bits per heavy atom. The highest BCUT2D eigenvalue weighted by Gasteiger charge is 2.63. The number of carbonyl (C=O) groups is 4. The van der Waals surface area contributed by atoms with Crippen LogP contribution in [0.3, 0.4) is 0 Å². The van der Waals surface area contributed by atoms with E-state index in [1.165, 1.54) is 12.0 Å². The zero-order chi connectivity index (χ0) is 42.9. The second kappa shape index (κ2) is 17.1. The molecule has 7 atom stereocenters. The maximum Gasteiger partial charge on any atom is 0.408 e. The number of pyridine rings is 1. The molecule has 1 aromatic carbocycles. The van der Waals surface area contributed by atoms with Crippen LogP contribution in [-0.2, 0) is 33.9 Å². The molecular weight excluding hydrogens is 783 g/mol. The van der Waals surface area contributed by atoms with Gasteiger partial charge in [-0.1, -0.05) is 19.1 Å². The zero-order valence-corrected chi connectivity index (χ0v) is 36.1. The molecule has 2 aromatic rings. The molecule has 0 unspecified atom stereocenters. The second-order valence-corrected chi connectivity index (χ2v) is 19.8. The highest BCUT2D eigenvalue weighted by molar-refractivity contribution is 7.91. The Kier molecular flexibility index (Phi) is 12.8. The first kappa shape index (κ1) is 43.9. The number of alkyl carbamates (subject to hydrolysis) is 1. The minimum Gasteiger partial charge on any atom is -0.497 e. The predicted molar refractivity (Wildman–Crippen MR) is 218 cm³/mol. The smallest absolute Gasteiger partial charge is 0.408 e. The molecule has 0 radical (unpaired) electrons. The number of carbonyl (C=O) groups excluding carboxylic acids is 4. The molecular formula is C42H59N5O11S. The van der Waals surface area contributed by atoms with Gasteiger partial charge in [0.15, 0.2) is 0 Å². The molecule has 2 aliphatic heterocycles. The van der Waals surface area contributed by atoms with Crippen LogP contribution in [0.1, 0.15) is 86.5 Å². The van der Waals surface area contributed by atoms with Crippen molar-refractivity contribution in [1.82, 2.24) is 25.2 Å². The van der Waals surface area contributed by atoms with E-state index in [9.17, 15) is 22.8 Å². The Balaban J connectivity index is 1.39. The molecule has 4 aliphatic rings. The normalized spacial score (nSPS) is 28.8. The van der Waals surface area contributed by atoms with Crippen LogP contribution in [0, 0.1) is 17.8 Å². The molecule has 0 bridgehead atoms. The van der Waals surface area contributed by atoms with Gasteiger partial charge in [-0.15, -0.1) is 0 Å². The Bertz CT molecular complexity index is 2070. The van der Waals surface area contributed by atoms with Crippen LogP contribution >= 0.6 is 0 Å². The summed E-state index contributed by atoms with van der Waals surface area (Å²) in [7, 11) is -0.941. The van der Waals surface area contributed by atoms with E-state index in [1.807, 2.05) is 25.1 Å². The fourth-order valence-electron chi connectivity index (χ4n) is 8.05. The van der Waals surface area contributed by atoms with Gasteiger partial charge in [-0.25, -0.2) is 18.2 Å². The van der Waals surface area contributed by atoms with Gasteiger partial charge in [0.2, 0.25) is 27.7 Å². The summed E-state index contributed by atoms with van der Waals surface area (Å²) in [4.78, 5) is 63.1. The molecule has 324 valence electrons. The molecule has 3 fully saturated rings. The number of ether oxygens (including phenoxy) is 5. The minimum absolute atomic E-state index is 0.0107. The molecule has 3 N–H and O–H groups in total. The average molecular weight is 842 g/mol. The number of methoxy groups -OCH3 is 2. The topological polar surface area (TPSA) is 201 Å². The fraction of sp³-hybridized carbons (Fsp3) is 0.643. The number of benzene rings is 1. The third-order valence-electron chi connectivity index (χ3n) is 11.7. The quantitative estimate of drug-likeness (QED) is 0.270. The SMILES string of the molecule is CCOc1cnc(O[C@@H]2C[C@H]3C(=O)N[C@@]4(C(=O)NS(=O)(=O)C5(C)CC5)C[C@@H]4/C=C\CC[C@@H](C)C[C@@H](COC)[C@H](NC(=O)OC(C)(C)C)C(=O)N3C2)c2ccc(OC)cc12. The van der Waals surface area contributed by atoms with Crippen LogP contribution in [0.4, 0.5) is 4.79 Å². The van der Waals surface area contributed by atoms with Crippen LogP contribution in [0.2, 0.25) is 0 Å². The number of amides is 4. The summed E-state index contributed by atoms with van der Waals surface area (Å²) in [5, 5.41) is 7.03. The Morgan fingerprint density at radius 1 is 1.10 bits per heavy atom. The van der Waals surface area contributed by atoms with E-state index in [0.717, 1.165) is 0 Å². The van der Waals surface area contributed by atoms with Gasteiger partial charge in [0, 0.05) is 36.1 Å². The maximum absolute atomic E-state index is 15.1. The van der Waals surface area contributed by atoms with Gasteiger partial charge in [0.05, 0.1) is 37.8 Å². The highest BCUT2D eigenvalue weighted by atomic mass is 32.2. The van der Waals surface area contributed by atoms with Crippen molar-refractivity contribution in [1.29, 1.82) is 0 Å². The summed E-state index contributed by atoms with van der Waals surface area (Å²) in [5.74, 6) is -1.62. The summed E-state index contributed by atoms with van der Waals surface area (Å²) in [6, 6.07) is 3.00. The Morgan fingerprint density at radius 2 is 1.85 bits per heavy atom. The molecule has 3 heterocycles. The molecule has 4 amide bonds. The van der Waals surface area contributed by atoms with E-state index in [0.29, 0.717) is 61.0 Å². The van der Waals surface area contributed by atoms with Gasteiger partial charge in [0.25, 0.3) is 5.91 Å². The van der Waals surface area contributed by atoms with E-state index in [4.69, 9.17) is 23.7 Å². The van der Waals surface area contributed by atoms with Gasteiger partial charge in [-0.05, 0) is 97.3 Å². The van der Waals surface area contributed by atoms with Gasteiger partial charge in [-0.3, -0.25) is 19.1 Å². The lowest BCUT2D eigenvalue weighted by atomic mass is 9.87. The lowest BCUT2D eigenvalue weighted by Gasteiger charge is -2.34. The third-order valence-corrected chi connectivity index (χ3v) is 13.9. The van der Waals surface area contributed by atoms with E-state index in [2.05, 4.69) is 27.3 Å². The number of nitrogens with one attached hydrogen (secondary N) is 3. The molecule has 59 heavy (non-hydrogen) atoms. The first-order valence-corrected chi connectivity index (χ1v) is 21.9. The first-order valence-electron chi connectivity index (χ1n) is 20.4. The lowest BCUT2D eigenvalue weighted by molar-refractivity contribution is -0.142.